The maximum atomic E-state index is 5.88. The van der Waals surface area contributed by atoms with Gasteiger partial charge in [-0.3, -0.25) is 9.97 Å². The number of aryl methyl sites for hydroxylation is 1. The lowest BCUT2D eigenvalue weighted by Gasteiger charge is -2.08. The Bertz CT molecular complexity index is 1200. The number of nitrogens with zero attached hydrogens (tertiary/aromatic N) is 5. The first-order chi connectivity index (χ1) is 13.1. The van der Waals surface area contributed by atoms with E-state index in [1.807, 2.05) is 31.2 Å². The number of nitrogens with two attached hydrogens (primary N) is 2. The van der Waals surface area contributed by atoms with Crippen LogP contribution < -0.4 is 11.5 Å². The fourth-order valence-corrected chi connectivity index (χ4v) is 2.68. The normalized spacial score (nSPS) is 10.4. The van der Waals surface area contributed by atoms with Gasteiger partial charge in [0.25, 0.3) is 0 Å². The van der Waals surface area contributed by atoms with E-state index in [1.54, 1.807) is 24.7 Å². The summed E-state index contributed by atoms with van der Waals surface area (Å²) in [6.07, 6.45) is 4.94. The summed E-state index contributed by atoms with van der Waals surface area (Å²) < 4.78 is 0. The molecule has 0 unspecified atom stereocenters. The number of anilines is 2. The molecule has 4 N–H and O–H groups in total. The van der Waals surface area contributed by atoms with Crippen LogP contribution in [0.25, 0.3) is 22.3 Å². The van der Waals surface area contributed by atoms with Crippen molar-refractivity contribution >= 4 is 22.8 Å². The smallest absolute Gasteiger partial charge is 0.220 e. The van der Waals surface area contributed by atoms with Gasteiger partial charge >= 0.3 is 0 Å². The quantitative estimate of drug-likeness (QED) is 0.504. The Morgan fingerprint density at radius 1 is 0.852 bits per heavy atom. The lowest BCUT2D eigenvalue weighted by molar-refractivity contribution is 1.11. The highest BCUT2D eigenvalue weighted by Crippen LogP contribution is 2.26. The largest absolute Gasteiger partial charge is 0.384 e. The van der Waals surface area contributed by atoms with Gasteiger partial charge in [0, 0.05) is 29.7 Å². The fourth-order valence-electron chi connectivity index (χ4n) is 2.68. The number of rotatable bonds is 1. The summed E-state index contributed by atoms with van der Waals surface area (Å²) in [6, 6.07) is 9.26. The van der Waals surface area contributed by atoms with E-state index in [0.29, 0.717) is 22.8 Å². The number of hydrogen-bond acceptors (Lipinski definition) is 7. The molecule has 0 bridgehead atoms. The van der Waals surface area contributed by atoms with Gasteiger partial charge < -0.3 is 11.5 Å². The molecule has 7 nitrogen and oxygen atoms in total. The lowest BCUT2D eigenvalue weighted by atomic mass is 10.0. The van der Waals surface area contributed by atoms with Crippen molar-refractivity contribution in [2.45, 2.75) is 6.92 Å². The van der Waals surface area contributed by atoms with Crippen LogP contribution in [0.3, 0.4) is 0 Å². The molecule has 130 valence electrons. The molecule has 3 heterocycles. The molecular formula is C20H15N7. The SMILES string of the molecule is Cc1nc(N)nc(-c2ccc3nccnc3c2)c1C#Cc1ccc(N)nc1. The van der Waals surface area contributed by atoms with Crippen LogP contribution in [0.2, 0.25) is 0 Å². The van der Waals surface area contributed by atoms with Gasteiger partial charge in [0.15, 0.2) is 0 Å². The topological polar surface area (TPSA) is 116 Å². The van der Waals surface area contributed by atoms with Crippen molar-refractivity contribution in [3.63, 3.8) is 0 Å². The predicted octanol–water partition coefficient (Wildman–Crippen LogP) is 2.35. The molecule has 7 heteroatoms. The average molecular weight is 353 g/mol. The van der Waals surface area contributed by atoms with E-state index in [9.17, 15) is 0 Å². The van der Waals surface area contributed by atoms with E-state index in [2.05, 4.69) is 36.8 Å². The highest BCUT2D eigenvalue weighted by Gasteiger charge is 2.12. The zero-order valence-electron chi connectivity index (χ0n) is 14.5. The summed E-state index contributed by atoms with van der Waals surface area (Å²) in [4.78, 5) is 21.4. The molecule has 4 rings (SSSR count). The van der Waals surface area contributed by atoms with E-state index < -0.39 is 0 Å². The molecule has 0 saturated carbocycles. The van der Waals surface area contributed by atoms with Gasteiger partial charge in [-0.25, -0.2) is 15.0 Å². The molecule has 0 amide bonds. The van der Waals surface area contributed by atoms with Crippen molar-refractivity contribution in [3.8, 4) is 23.1 Å². The second-order valence-corrected chi connectivity index (χ2v) is 5.87. The van der Waals surface area contributed by atoms with Crippen molar-refractivity contribution in [3.05, 3.63) is 65.7 Å². The Hall–Kier alpha value is -4.05. The lowest BCUT2D eigenvalue weighted by Crippen LogP contribution is -2.03. The summed E-state index contributed by atoms with van der Waals surface area (Å²) in [7, 11) is 0. The van der Waals surface area contributed by atoms with Crippen LogP contribution in [-0.2, 0) is 0 Å². The van der Waals surface area contributed by atoms with Crippen molar-refractivity contribution in [1.29, 1.82) is 0 Å². The Kier molecular flexibility index (Phi) is 4.07. The van der Waals surface area contributed by atoms with E-state index in [0.717, 1.165) is 22.2 Å². The first-order valence-corrected chi connectivity index (χ1v) is 8.19. The maximum absolute atomic E-state index is 5.88. The van der Waals surface area contributed by atoms with Gasteiger partial charge in [-0.2, -0.15) is 0 Å². The number of nitrogen functional groups attached to an aromatic ring is 2. The summed E-state index contributed by atoms with van der Waals surface area (Å²) in [5.74, 6) is 6.87. The van der Waals surface area contributed by atoms with E-state index in [1.165, 1.54) is 0 Å². The van der Waals surface area contributed by atoms with Gasteiger partial charge in [0.1, 0.15) is 5.82 Å². The molecule has 0 saturated heterocycles. The molecule has 0 atom stereocenters. The molecule has 1 aromatic carbocycles. The number of hydrogen-bond donors (Lipinski definition) is 2. The van der Waals surface area contributed by atoms with Crippen LogP contribution in [0.15, 0.2) is 48.9 Å². The molecule has 3 aromatic heterocycles. The van der Waals surface area contributed by atoms with Crippen LogP contribution in [0.4, 0.5) is 11.8 Å². The van der Waals surface area contributed by atoms with Gasteiger partial charge in [0.2, 0.25) is 5.95 Å². The van der Waals surface area contributed by atoms with Crippen LogP contribution in [0.1, 0.15) is 16.8 Å². The summed E-state index contributed by atoms with van der Waals surface area (Å²) in [5, 5.41) is 0. The Morgan fingerprint density at radius 2 is 1.67 bits per heavy atom. The Labute approximate surface area is 155 Å². The van der Waals surface area contributed by atoms with Gasteiger partial charge in [-0.15, -0.1) is 0 Å². The molecule has 0 aliphatic carbocycles. The minimum atomic E-state index is 0.196. The number of aromatic nitrogens is 5. The van der Waals surface area contributed by atoms with Crippen LogP contribution in [0, 0.1) is 18.8 Å². The molecule has 0 radical (unpaired) electrons. The van der Waals surface area contributed by atoms with Crippen molar-refractivity contribution < 1.29 is 0 Å². The third kappa shape index (κ3) is 3.37. The summed E-state index contributed by atoms with van der Waals surface area (Å²) in [6.45, 7) is 1.85. The molecule has 27 heavy (non-hydrogen) atoms. The van der Waals surface area contributed by atoms with Crippen molar-refractivity contribution in [2.24, 2.45) is 0 Å². The third-order valence-electron chi connectivity index (χ3n) is 3.97. The van der Waals surface area contributed by atoms with Crippen LogP contribution >= 0.6 is 0 Å². The van der Waals surface area contributed by atoms with Crippen molar-refractivity contribution in [2.75, 3.05) is 11.5 Å². The highest BCUT2D eigenvalue weighted by molar-refractivity contribution is 5.82. The number of pyridine rings is 1. The standard InChI is InChI=1S/C20H15N7/c1-12-15(5-2-13-3-7-18(21)25-11-13)19(27-20(22)26-12)14-4-6-16-17(10-14)24-9-8-23-16/h3-4,6-11H,1H3,(H2,21,25)(H2,22,26,27). The van der Waals surface area contributed by atoms with Gasteiger partial charge in [0.05, 0.1) is 28.0 Å². The minimum Gasteiger partial charge on any atom is -0.384 e. The highest BCUT2D eigenvalue weighted by atomic mass is 15.0. The molecule has 0 aliphatic rings. The minimum absolute atomic E-state index is 0.196. The number of benzene rings is 1. The zero-order valence-corrected chi connectivity index (χ0v) is 14.5. The van der Waals surface area contributed by atoms with E-state index in [4.69, 9.17) is 11.5 Å². The molecular weight excluding hydrogens is 338 g/mol. The molecule has 0 aliphatic heterocycles. The second-order valence-electron chi connectivity index (χ2n) is 5.87. The fraction of sp³-hybridized carbons (Fsp3) is 0.0500. The Morgan fingerprint density at radius 3 is 2.44 bits per heavy atom. The first kappa shape index (κ1) is 16.4. The van der Waals surface area contributed by atoms with E-state index >= 15 is 0 Å². The second kappa shape index (κ2) is 6.69. The maximum Gasteiger partial charge on any atom is 0.220 e. The molecule has 0 fully saturated rings. The van der Waals surface area contributed by atoms with Crippen LogP contribution in [0.5, 0.6) is 0 Å². The monoisotopic (exact) mass is 353 g/mol. The zero-order chi connectivity index (χ0) is 18.8. The van der Waals surface area contributed by atoms with E-state index in [-0.39, 0.29) is 5.95 Å². The van der Waals surface area contributed by atoms with Gasteiger partial charge in [-0.05, 0) is 31.2 Å². The number of fused-ring (bicyclic) bond motifs is 1. The first-order valence-electron chi connectivity index (χ1n) is 8.19. The van der Waals surface area contributed by atoms with Gasteiger partial charge in [-0.1, -0.05) is 17.9 Å². The molecule has 4 aromatic rings. The Balaban J connectivity index is 1.86. The van der Waals surface area contributed by atoms with Crippen molar-refractivity contribution in [1.82, 2.24) is 24.9 Å². The average Bonchev–Trinajstić information content (AvgIpc) is 2.68. The van der Waals surface area contributed by atoms with Crippen LogP contribution in [-0.4, -0.2) is 24.9 Å². The predicted molar refractivity (Wildman–Crippen MR) is 104 cm³/mol. The summed E-state index contributed by atoms with van der Waals surface area (Å²) >= 11 is 0. The summed E-state index contributed by atoms with van der Waals surface area (Å²) in [5.41, 5.74) is 16.7. The molecule has 0 spiro atoms. The third-order valence-corrected chi connectivity index (χ3v) is 3.97.